The summed E-state index contributed by atoms with van der Waals surface area (Å²) < 4.78 is 0. The highest BCUT2D eigenvalue weighted by Crippen LogP contribution is 2.18. The van der Waals surface area contributed by atoms with Gasteiger partial charge in [0, 0.05) is 48.1 Å². The summed E-state index contributed by atoms with van der Waals surface area (Å²) in [6.45, 7) is 0.653. The maximum atomic E-state index is 11.9. The van der Waals surface area contributed by atoms with Gasteiger partial charge < -0.3 is 10.3 Å². The number of aryl methyl sites for hydroxylation is 1. The zero-order valence-corrected chi connectivity index (χ0v) is 12.5. The number of thiazole rings is 1. The van der Waals surface area contributed by atoms with Crippen LogP contribution < -0.4 is 5.32 Å². The van der Waals surface area contributed by atoms with Crippen molar-refractivity contribution in [3.05, 3.63) is 52.6 Å². The lowest BCUT2D eigenvalue weighted by atomic mass is 10.1. The fraction of sp³-hybridized carbons (Fsp3) is 0.250. The van der Waals surface area contributed by atoms with Gasteiger partial charge in [-0.1, -0.05) is 18.2 Å². The minimum Gasteiger partial charge on any atom is -0.361 e. The topological polar surface area (TPSA) is 57.8 Å². The molecule has 5 heteroatoms. The van der Waals surface area contributed by atoms with Crippen LogP contribution in [0.5, 0.6) is 0 Å². The molecule has 2 aromatic heterocycles. The average molecular weight is 299 g/mol. The first-order valence-corrected chi connectivity index (χ1v) is 7.91. The molecule has 0 saturated carbocycles. The number of H-pyrrole nitrogens is 1. The second-order valence-electron chi connectivity index (χ2n) is 4.89. The Kier molecular flexibility index (Phi) is 4.31. The van der Waals surface area contributed by atoms with E-state index < -0.39 is 0 Å². The van der Waals surface area contributed by atoms with Crippen molar-refractivity contribution in [3.63, 3.8) is 0 Å². The predicted molar refractivity (Wildman–Crippen MR) is 85.4 cm³/mol. The Bertz CT molecular complexity index is 718. The maximum absolute atomic E-state index is 11.9. The largest absolute Gasteiger partial charge is 0.361 e. The molecule has 2 heterocycles. The molecule has 0 saturated heterocycles. The molecule has 0 aliphatic carbocycles. The Morgan fingerprint density at radius 3 is 3.05 bits per heavy atom. The Morgan fingerprint density at radius 1 is 1.29 bits per heavy atom. The molecule has 0 radical (unpaired) electrons. The van der Waals surface area contributed by atoms with E-state index in [1.807, 2.05) is 29.8 Å². The van der Waals surface area contributed by atoms with E-state index in [0.717, 1.165) is 23.4 Å². The van der Waals surface area contributed by atoms with Crippen molar-refractivity contribution in [2.45, 2.75) is 19.3 Å². The molecule has 2 N–H and O–H groups in total. The van der Waals surface area contributed by atoms with E-state index in [1.54, 1.807) is 17.5 Å². The zero-order chi connectivity index (χ0) is 14.5. The van der Waals surface area contributed by atoms with Gasteiger partial charge in [-0.05, 0) is 18.1 Å². The van der Waals surface area contributed by atoms with Crippen molar-refractivity contribution in [3.8, 4) is 0 Å². The van der Waals surface area contributed by atoms with Gasteiger partial charge in [0.2, 0.25) is 5.91 Å². The number of amides is 1. The number of aromatic nitrogens is 2. The van der Waals surface area contributed by atoms with Crippen LogP contribution in [0.1, 0.15) is 17.0 Å². The van der Waals surface area contributed by atoms with Crippen LogP contribution in [-0.2, 0) is 17.6 Å². The highest BCUT2D eigenvalue weighted by Gasteiger charge is 2.06. The lowest BCUT2D eigenvalue weighted by molar-refractivity contribution is -0.121. The Morgan fingerprint density at radius 2 is 2.19 bits per heavy atom. The molecular formula is C16H17N3OS. The van der Waals surface area contributed by atoms with Gasteiger partial charge in [-0.15, -0.1) is 11.3 Å². The van der Waals surface area contributed by atoms with Gasteiger partial charge in [-0.2, -0.15) is 0 Å². The number of carbonyl (C=O) groups is 1. The normalized spacial score (nSPS) is 10.9. The van der Waals surface area contributed by atoms with Crippen LogP contribution in [0.25, 0.3) is 10.9 Å². The molecule has 4 nitrogen and oxygen atoms in total. The number of nitrogens with one attached hydrogen (secondary N) is 2. The summed E-state index contributed by atoms with van der Waals surface area (Å²) in [6.07, 6.45) is 5.86. The molecule has 3 rings (SSSR count). The summed E-state index contributed by atoms with van der Waals surface area (Å²) in [5, 5.41) is 7.17. The lowest BCUT2D eigenvalue weighted by Crippen LogP contribution is -2.25. The summed E-state index contributed by atoms with van der Waals surface area (Å²) in [6, 6.07) is 8.16. The number of para-hydroxylation sites is 1. The highest BCUT2D eigenvalue weighted by molar-refractivity contribution is 7.09. The van der Waals surface area contributed by atoms with E-state index in [9.17, 15) is 4.79 Å². The molecule has 21 heavy (non-hydrogen) atoms. The summed E-state index contributed by atoms with van der Waals surface area (Å²) in [5.74, 6) is 0.0943. The third-order valence-electron chi connectivity index (χ3n) is 3.44. The molecule has 0 aliphatic heterocycles. The van der Waals surface area contributed by atoms with Crippen LogP contribution >= 0.6 is 11.3 Å². The minimum atomic E-state index is 0.0943. The van der Waals surface area contributed by atoms with Crippen molar-refractivity contribution >= 4 is 28.1 Å². The minimum absolute atomic E-state index is 0.0943. The van der Waals surface area contributed by atoms with Crippen LogP contribution in [0.3, 0.4) is 0 Å². The summed E-state index contributed by atoms with van der Waals surface area (Å²) in [7, 11) is 0. The third kappa shape index (κ3) is 3.49. The monoisotopic (exact) mass is 299 g/mol. The van der Waals surface area contributed by atoms with Crippen molar-refractivity contribution in [1.82, 2.24) is 15.3 Å². The molecule has 0 bridgehead atoms. The first kappa shape index (κ1) is 13.8. The molecule has 0 aliphatic rings. The van der Waals surface area contributed by atoms with Gasteiger partial charge in [0.15, 0.2) is 0 Å². The Balaban J connectivity index is 1.47. The number of fused-ring (bicyclic) bond motifs is 1. The van der Waals surface area contributed by atoms with Crippen molar-refractivity contribution < 1.29 is 4.79 Å². The van der Waals surface area contributed by atoms with Crippen molar-refractivity contribution in [2.75, 3.05) is 6.54 Å². The standard InChI is InChI=1S/C16H17N3OS/c20-15(17-8-7-16-18-9-10-21-16)6-5-12-11-19-14-4-2-1-3-13(12)14/h1-4,9-11,19H,5-8H2,(H,17,20). The molecule has 108 valence electrons. The lowest BCUT2D eigenvalue weighted by Gasteiger charge is -2.03. The van der Waals surface area contributed by atoms with Gasteiger partial charge in [-0.25, -0.2) is 4.98 Å². The summed E-state index contributed by atoms with van der Waals surface area (Å²) in [4.78, 5) is 19.3. The number of hydrogen-bond acceptors (Lipinski definition) is 3. The predicted octanol–water partition coefficient (Wildman–Crippen LogP) is 2.92. The van der Waals surface area contributed by atoms with Gasteiger partial charge in [0.05, 0.1) is 5.01 Å². The van der Waals surface area contributed by atoms with Crippen molar-refractivity contribution in [2.24, 2.45) is 0 Å². The number of benzene rings is 1. The second-order valence-corrected chi connectivity index (χ2v) is 5.86. The zero-order valence-electron chi connectivity index (χ0n) is 11.6. The van der Waals surface area contributed by atoms with Crippen molar-refractivity contribution in [1.29, 1.82) is 0 Å². The number of hydrogen-bond donors (Lipinski definition) is 2. The van der Waals surface area contributed by atoms with E-state index in [-0.39, 0.29) is 5.91 Å². The van der Waals surface area contributed by atoms with Gasteiger partial charge in [-0.3, -0.25) is 4.79 Å². The Hall–Kier alpha value is -2.14. The van der Waals surface area contributed by atoms with Crippen LogP contribution in [-0.4, -0.2) is 22.4 Å². The number of carbonyl (C=O) groups excluding carboxylic acids is 1. The van der Waals surface area contributed by atoms with E-state index >= 15 is 0 Å². The number of rotatable bonds is 6. The van der Waals surface area contributed by atoms with Crippen LogP contribution in [0.15, 0.2) is 42.0 Å². The molecule has 0 atom stereocenters. The van der Waals surface area contributed by atoms with Gasteiger partial charge in [0.1, 0.15) is 0 Å². The van der Waals surface area contributed by atoms with E-state index in [2.05, 4.69) is 21.4 Å². The number of aromatic amines is 1. The SMILES string of the molecule is O=C(CCc1c[nH]c2ccccc12)NCCc1nccs1. The fourth-order valence-electron chi connectivity index (χ4n) is 2.36. The maximum Gasteiger partial charge on any atom is 0.220 e. The first-order chi connectivity index (χ1) is 10.3. The summed E-state index contributed by atoms with van der Waals surface area (Å²) >= 11 is 1.62. The molecule has 0 unspecified atom stereocenters. The fourth-order valence-corrected chi connectivity index (χ4v) is 2.98. The third-order valence-corrected chi connectivity index (χ3v) is 4.28. The highest BCUT2D eigenvalue weighted by atomic mass is 32.1. The first-order valence-electron chi connectivity index (χ1n) is 7.03. The number of nitrogens with zero attached hydrogens (tertiary/aromatic N) is 1. The quantitative estimate of drug-likeness (QED) is 0.735. The molecule has 0 fully saturated rings. The van der Waals surface area contributed by atoms with E-state index in [4.69, 9.17) is 0 Å². The molecule has 3 aromatic rings. The van der Waals surface area contributed by atoms with Crippen LogP contribution in [0, 0.1) is 0 Å². The Labute approximate surface area is 127 Å². The second kappa shape index (κ2) is 6.54. The molecule has 1 aromatic carbocycles. The smallest absolute Gasteiger partial charge is 0.220 e. The molecular weight excluding hydrogens is 282 g/mol. The van der Waals surface area contributed by atoms with Gasteiger partial charge >= 0.3 is 0 Å². The van der Waals surface area contributed by atoms with Crippen LogP contribution in [0.4, 0.5) is 0 Å². The van der Waals surface area contributed by atoms with E-state index in [1.165, 1.54) is 10.9 Å². The molecule has 1 amide bonds. The average Bonchev–Trinajstić information content (AvgIpc) is 3.14. The van der Waals surface area contributed by atoms with E-state index in [0.29, 0.717) is 13.0 Å². The van der Waals surface area contributed by atoms with Crippen LogP contribution in [0.2, 0.25) is 0 Å². The molecule has 0 spiro atoms. The van der Waals surface area contributed by atoms with Gasteiger partial charge in [0.25, 0.3) is 0 Å². The summed E-state index contributed by atoms with van der Waals surface area (Å²) in [5.41, 5.74) is 2.32.